The van der Waals surface area contributed by atoms with Gasteiger partial charge >= 0.3 is 6.09 Å². The van der Waals surface area contributed by atoms with E-state index in [-0.39, 0.29) is 17.8 Å². The van der Waals surface area contributed by atoms with Crippen LogP contribution in [-0.2, 0) is 0 Å². The van der Waals surface area contributed by atoms with Crippen LogP contribution >= 0.6 is 0 Å². The van der Waals surface area contributed by atoms with Gasteiger partial charge in [-0.15, -0.1) is 0 Å². The van der Waals surface area contributed by atoms with E-state index in [0.29, 0.717) is 22.5 Å². The number of phenols is 1. The van der Waals surface area contributed by atoms with Gasteiger partial charge in [0, 0.05) is 23.7 Å². The van der Waals surface area contributed by atoms with Gasteiger partial charge in [0.25, 0.3) is 0 Å². The molecule has 1 saturated carbocycles. The molecule has 8 heteroatoms. The van der Waals surface area contributed by atoms with Crippen LogP contribution in [0.4, 0.5) is 4.79 Å². The first kappa shape index (κ1) is 17.3. The van der Waals surface area contributed by atoms with Crippen molar-refractivity contribution in [3.8, 4) is 22.8 Å². The van der Waals surface area contributed by atoms with Gasteiger partial charge in [0.15, 0.2) is 5.65 Å². The van der Waals surface area contributed by atoms with Gasteiger partial charge in [-0.3, -0.25) is 5.10 Å². The van der Waals surface area contributed by atoms with Crippen LogP contribution in [-0.4, -0.2) is 38.5 Å². The van der Waals surface area contributed by atoms with Crippen molar-refractivity contribution in [1.29, 1.82) is 0 Å². The highest BCUT2D eigenvalue weighted by molar-refractivity contribution is 5.87. The van der Waals surface area contributed by atoms with Crippen molar-refractivity contribution in [3.63, 3.8) is 0 Å². The monoisotopic (exact) mass is 367 g/mol. The lowest BCUT2D eigenvalue weighted by Crippen LogP contribution is -2.41. The Morgan fingerprint density at radius 1 is 1.22 bits per heavy atom. The van der Waals surface area contributed by atoms with Gasteiger partial charge < -0.3 is 20.9 Å². The molecule has 0 bridgehead atoms. The second-order valence-corrected chi connectivity index (χ2v) is 6.83. The van der Waals surface area contributed by atoms with Crippen molar-refractivity contribution in [2.45, 2.75) is 37.8 Å². The molecule has 1 amide bonds. The molecule has 4 rings (SSSR count). The summed E-state index contributed by atoms with van der Waals surface area (Å²) in [6.07, 6.45) is 4.58. The molecule has 140 valence electrons. The smallest absolute Gasteiger partial charge is 0.412 e. The van der Waals surface area contributed by atoms with Crippen molar-refractivity contribution in [2.24, 2.45) is 5.73 Å². The first-order valence-corrected chi connectivity index (χ1v) is 8.96. The molecule has 2 heterocycles. The zero-order valence-corrected chi connectivity index (χ0v) is 14.7. The van der Waals surface area contributed by atoms with Gasteiger partial charge in [-0.05, 0) is 49.9 Å². The van der Waals surface area contributed by atoms with Crippen LogP contribution in [0.3, 0.4) is 0 Å². The first-order chi connectivity index (χ1) is 13.1. The number of aromatic amines is 1. The predicted octanol–water partition coefficient (Wildman–Crippen LogP) is 2.69. The van der Waals surface area contributed by atoms with Gasteiger partial charge in [0.05, 0.1) is 17.3 Å². The Kier molecular flexibility index (Phi) is 4.64. The number of aromatic hydroxyl groups is 1. The quantitative estimate of drug-likeness (QED) is 0.564. The van der Waals surface area contributed by atoms with Crippen LogP contribution in [0.2, 0.25) is 0 Å². The first-order valence-electron chi connectivity index (χ1n) is 8.96. The van der Waals surface area contributed by atoms with Crippen LogP contribution in [0.5, 0.6) is 11.5 Å². The fourth-order valence-corrected chi connectivity index (χ4v) is 3.32. The fourth-order valence-electron chi connectivity index (χ4n) is 3.32. The lowest BCUT2D eigenvalue weighted by Gasteiger charge is -2.26. The van der Waals surface area contributed by atoms with E-state index in [0.717, 1.165) is 31.2 Å². The van der Waals surface area contributed by atoms with E-state index >= 15 is 0 Å². The van der Waals surface area contributed by atoms with Crippen LogP contribution in [0.25, 0.3) is 22.3 Å². The minimum absolute atomic E-state index is 0.0792. The van der Waals surface area contributed by atoms with Crippen molar-refractivity contribution >= 4 is 17.1 Å². The van der Waals surface area contributed by atoms with Crippen LogP contribution in [0.1, 0.15) is 25.7 Å². The van der Waals surface area contributed by atoms with E-state index in [9.17, 15) is 9.90 Å². The summed E-state index contributed by atoms with van der Waals surface area (Å²) in [5, 5.41) is 19.8. The Balaban J connectivity index is 1.56. The third-order valence-electron chi connectivity index (χ3n) is 4.84. The maximum absolute atomic E-state index is 12.4. The van der Waals surface area contributed by atoms with Gasteiger partial charge in [0.2, 0.25) is 0 Å². The molecule has 8 nitrogen and oxygen atoms in total. The van der Waals surface area contributed by atoms with Crippen molar-refractivity contribution in [2.75, 3.05) is 0 Å². The highest BCUT2D eigenvalue weighted by atomic mass is 16.6. The summed E-state index contributed by atoms with van der Waals surface area (Å²) in [4.78, 5) is 16.9. The second kappa shape index (κ2) is 7.24. The fraction of sp³-hybridized carbons (Fsp3) is 0.316. The summed E-state index contributed by atoms with van der Waals surface area (Å²) in [6.45, 7) is 0. The van der Waals surface area contributed by atoms with Crippen LogP contribution in [0.15, 0.2) is 36.5 Å². The zero-order valence-electron chi connectivity index (χ0n) is 14.7. The molecule has 2 aromatic heterocycles. The van der Waals surface area contributed by atoms with E-state index < -0.39 is 6.09 Å². The second-order valence-electron chi connectivity index (χ2n) is 6.83. The number of phenolic OH excluding ortho intramolecular Hbond substituents is 1. The molecule has 0 spiro atoms. The van der Waals surface area contributed by atoms with Crippen LogP contribution in [0, 0.1) is 0 Å². The predicted molar refractivity (Wildman–Crippen MR) is 100 cm³/mol. The molecular weight excluding hydrogens is 346 g/mol. The molecule has 5 N–H and O–H groups in total. The number of H-pyrrole nitrogens is 1. The summed E-state index contributed by atoms with van der Waals surface area (Å²) in [5.41, 5.74) is 7.82. The number of ether oxygens (including phenoxy) is 1. The Labute approximate surface area is 155 Å². The Morgan fingerprint density at radius 2 is 1.96 bits per heavy atom. The number of carbonyl (C=O) groups excluding carboxylic acids is 1. The van der Waals surface area contributed by atoms with Crippen LogP contribution < -0.4 is 15.8 Å². The molecule has 1 aliphatic rings. The van der Waals surface area contributed by atoms with Crippen molar-refractivity contribution < 1.29 is 14.6 Å². The maximum Gasteiger partial charge on any atom is 0.412 e. The largest absolute Gasteiger partial charge is 0.508 e. The highest BCUT2D eigenvalue weighted by Crippen LogP contribution is 2.30. The Bertz CT molecular complexity index is 946. The lowest BCUT2D eigenvalue weighted by molar-refractivity contribution is 0.191. The number of nitrogens with one attached hydrogen (secondary N) is 2. The summed E-state index contributed by atoms with van der Waals surface area (Å²) >= 11 is 0. The number of benzene rings is 1. The Morgan fingerprint density at radius 3 is 2.70 bits per heavy atom. The number of hydrogen-bond donors (Lipinski definition) is 4. The summed E-state index contributed by atoms with van der Waals surface area (Å²) in [5.74, 6) is 0.547. The number of nitrogens with two attached hydrogens (primary N) is 1. The Hall–Kier alpha value is -3.13. The molecule has 1 aliphatic carbocycles. The van der Waals surface area contributed by atoms with Crippen molar-refractivity contribution in [1.82, 2.24) is 20.5 Å². The van der Waals surface area contributed by atoms with Gasteiger partial charge in [-0.25, -0.2) is 9.78 Å². The van der Waals surface area contributed by atoms with E-state index in [2.05, 4.69) is 20.5 Å². The van der Waals surface area contributed by atoms with E-state index in [1.165, 1.54) is 0 Å². The molecule has 1 fully saturated rings. The highest BCUT2D eigenvalue weighted by Gasteiger charge is 2.21. The molecule has 0 atom stereocenters. The number of rotatable bonds is 3. The standard InChI is InChI=1S/C19H21N5O3/c20-12-3-5-13(6-4-12)22-19(26)27-17-9-16(11-1-7-14(25)8-2-11)23-18-15(17)10-21-24-18/h1-2,7-10,12-13,25H,3-6,20H2,(H,22,26)(H,21,23,24). The molecule has 1 aromatic carbocycles. The third kappa shape index (κ3) is 3.85. The lowest BCUT2D eigenvalue weighted by atomic mass is 9.92. The molecule has 0 aliphatic heterocycles. The number of aromatic nitrogens is 3. The molecule has 0 unspecified atom stereocenters. The average molecular weight is 367 g/mol. The van der Waals surface area contributed by atoms with Gasteiger partial charge in [0.1, 0.15) is 11.5 Å². The number of nitrogens with zero attached hydrogens (tertiary/aromatic N) is 2. The summed E-state index contributed by atoms with van der Waals surface area (Å²) in [6, 6.07) is 8.64. The maximum atomic E-state index is 12.4. The number of amides is 1. The van der Waals surface area contributed by atoms with Crippen molar-refractivity contribution in [3.05, 3.63) is 36.5 Å². The number of hydrogen-bond acceptors (Lipinski definition) is 6. The topological polar surface area (TPSA) is 126 Å². The number of carbonyl (C=O) groups is 1. The summed E-state index contributed by atoms with van der Waals surface area (Å²) in [7, 11) is 0. The van der Waals surface area contributed by atoms with Gasteiger partial charge in [-0.2, -0.15) is 5.10 Å². The third-order valence-corrected chi connectivity index (χ3v) is 4.84. The summed E-state index contributed by atoms with van der Waals surface area (Å²) < 4.78 is 5.57. The average Bonchev–Trinajstić information content (AvgIpc) is 3.13. The number of fused-ring (bicyclic) bond motifs is 1. The van der Waals surface area contributed by atoms with E-state index in [1.54, 1.807) is 36.5 Å². The molecule has 0 radical (unpaired) electrons. The minimum atomic E-state index is -0.499. The molecule has 3 aromatic rings. The molecule has 27 heavy (non-hydrogen) atoms. The number of pyridine rings is 1. The van der Waals surface area contributed by atoms with Gasteiger partial charge in [-0.1, -0.05) is 0 Å². The molecular formula is C19H21N5O3. The SMILES string of the molecule is NC1CCC(NC(=O)Oc2cc(-c3ccc(O)cc3)nc3[nH]ncc23)CC1. The zero-order chi connectivity index (χ0) is 18.8. The van der Waals surface area contributed by atoms with E-state index in [1.807, 2.05) is 0 Å². The normalized spacial score (nSPS) is 19.7. The minimum Gasteiger partial charge on any atom is -0.508 e. The van der Waals surface area contributed by atoms with E-state index in [4.69, 9.17) is 10.5 Å². The molecule has 0 saturated heterocycles.